The second-order valence-corrected chi connectivity index (χ2v) is 4.83. The maximum absolute atomic E-state index is 13.4. The molecule has 2 heterocycles. The highest BCUT2D eigenvalue weighted by atomic mass is 19.3. The van der Waals surface area contributed by atoms with E-state index in [9.17, 15) is 8.78 Å². The summed E-state index contributed by atoms with van der Waals surface area (Å²) in [5.41, 5.74) is 2.51. The van der Waals surface area contributed by atoms with Gasteiger partial charge in [-0.05, 0) is 24.5 Å². The van der Waals surface area contributed by atoms with Crippen molar-refractivity contribution in [2.45, 2.75) is 39.5 Å². The van der Waals surface area contributed by atoms with Crippen molar-refractivity contribution in [2.24, 2.45) is 0 Å². The van der Waals surface area contributed by atoms with E-state index in [0.29, 0.717) is 0 Å². The average molecular weight is 238 g/mol. The molecule has 0 radical (unpaired) electrons. The molecular formula is C13H16F2N2. The van der Waals surface area contributed by atoms with E-state index in [2.05, 4.69) is 4.98 Å². The van der Waals surface area contributed by atoms with Crippen LogP contribution in [0.25, 0.3) is 5.65 Å². The monoisotopic (exact) mass is 238 g/mol. The molecule has 92 valence electrons. The molecular weight excluding hydrogens is 222 g/mol. The van der Waals surface area contributed by atoms with Crippen LogP contribution in [0, 0.1) is 6.92 Å². The van der Waals surface area contributed by atoms with E-state index >= 15 is 0 Å². The van der Waals surface area contributed by atoms with Gasteiger partial charge in [-0.3, -0.25) is 0 Å². The van der Waals surface area contributed by atoms with Crippen molar-refractivity contribution in [1.82, 2.24) is 9.38 Å². The highest BCUT2D eigenvalue weighted by Crippen LogP contribution is 2.29. The van der Waals surface area contributed by atoms with E-state index in [4.69, 9.17) is 0 Å². The molecule has 0 fully saturated rings. The van der Waals surface area contributed by atoms with Gasteiger partial charge in [-0.1, -0.05) is 13.8 Å². The lowest BCUT2D eigenvalue weighted by atomic mass is 10.1. The lowest BCUT2D eigenvalue weighted by Gasteiger charge is -2.14. The number of halogens is 2. The minimum Gasteiger partial charge on any atom is -0.303 e. The quantitative estimate of drug-likeness (QED) is 0.776. The Morgan fingerprint density at radius 1 is 1.35 bits per heavy atom. The van der Waals surface area contributed by atoms with Gasteiger partial charge in [-0.2, -0.15) is 0 Å². The van der Waals surface area contributed by atoms with E-state index in [1.807, 2.05) is 20.8 Å². The van der Waals surface area contributed by atoms with Gasteiger partial charge in [0.15, 0.2) is 0 Å². The van der Waals surface area contributed by atoms with E-state index in [1.165, 1.54) is 12.3 Å². The molecule has 0 atom stereocenters. The Kier molecular flexibility index (Phi) is 2.68. The van der Waals surface area contributed by atoms with Crippen LogP contribution < -0.4 is 0 Å². The molecule has 2 rings (SSSR count). The zero-order valence-corrected chi connectivity index (χ0v) is 10.5. The van der Waals surface area contributed by atoms with Crippen molar-refractivity contribution in [3.8, 4) is 0 Å². The van der Waals surface area contributed by atoms with Crippen molar-refractivity contribution in [2.75, 3.05) is 0 Å². The standard InChI is InChI=1S/C13H16F2N2/c1-8(2)11-6-16-12-9(3)5-10(7-17(11)12)13(4,14)15/h5-8H,1-4H3. The third kappa shape index (κ3) is 2.04. The maximum Gasteiger partial charge on any atom is 0.271 e. The fraction of sp³-hybridized carbons (Fsp3) is 0.462. The summed E-state index contributed by atoms with van der Waals surface area (Å²) in [5.74, 6) is -2.57. The van der Waals surface area contributed by atoms with Gasteiger partial charge >= 0.3 is 0 Å². The number of hydrogen-bond acceptors (Lipinski definition) is 1. The number of imidazole rings is 1. The van der Waals surface area contributed by atoms with Crippen LogP contribution in [-0.2, 0) is 5.92 Å². The van der Waals surface area contributed by atoms with Gasteiger partial charge in [0.05, 0.1) is 0 Å². The van der Waals surface area contributed by atoms with Crippen LogP contribution in [0.1, 0.15) is 43.5 Å². The third-order valence-electron chi connectivity index (χ3n) is 2.92. The Morgan fingerprint density at radius 2 is 2.00 bits per heavy atom. The lowest BCUT2D eigenvalue weighted by molar-refractivity contribution is 0.0170. The number of fused-ring (bicyclic) bond motifs is 1. The second-order valence-electron chi connectivity index (χ2n) is 4.83. The fourth-order valence-corrected chi connectivity index (χ4v) is 1.94. The summed E-state index contributed by atoms with van der Waals surface area (Å²) in [6.07, 6.45) is 3.25. The SMILES string of the molecule is Cc1cc(C(C)(F)F)cn2c(C(C)C)cnc12. The molecule has 2 aromatic rings. The van der Waals surface area contributed by atoms with Crippen molar-refractivity contribution >= 4 is 5.65 Å². The van der Waals surface area contributed by atoms with Gasteiger partial charge in [0, 0.05) is 30.6 Å². The van der Waals surface area contributed by atoms with Crippen LogP contribution in [0.3, 0.4) is 0 Å². The molecule has 0 aromatic carbocycles. The normalized spacial score (nSPS) is 12.6. The third-order valence-corrected chi connectivity index (χ3v) is 2.92. The van der Waals surface area contributed by atoms with Gasteiger partial charge in [0.25, 0.3) is 5.92 Å². The van der Waals surface area contributed by atoms with Gasteiger partial charge in [-0.25, -0.2) is 13.8 Å². The largest absolute Gasteiger partial charge is 0.303 e. The molecule has 17 heavy (non-hydrogen) atoms. The topological polar surface area (TPSA) is 17.3 Å². The van der Waals surface area contributed by atoms with Crippen molar-refractivity contribution < 1.29 is 8.78 Å². The van der Waals surface area contributed by atoms with Crippen LogP contribution in [0.15, 0.2) is 18.5 Å². The number of pyridine rings is 1. The first-order chi connectivity index (χ1) is 7.80. The first-order valence-corrected chi connectivity index (χ1v) is 5.66. The van der Waals surface area contributed by atoms with Gasteiger partial charge in [0.1, 0.15) is 5.65 Å². The van der Waals surface area contributed by atoms with E-state index < -0.39 is 5.92 Å². The number of aromatic nitrogens is 2. The van der Waals surface area contributed by atoms with E-state index in [1.54, 1.807) is 10.6 Å². The Labute approximate surface area is 99.3 Å². The van der Waals surface area contributed by atoms with Crippen LogP contribution in [0.2, 0.25) is 0 Å². The first kappa shape index (κ1) is 12.0. The molecule has 0 aliphatic heterocycles. The molecule has 0 unspecified atom stereocenters. The Morgan fingerprint density at radius 3 is 2.53 bits per heavy atom. The molecule has 0 saturated heterocycles. The summed E-state index contributed by atoms with van der Waals surface area (Å²) in [5, 5.41) is 0. The van der Waals surface area contributed by atoms with Crippen LogP contribution >= 0.6 is 0 Å². The Bertz CT molecular complexity index is 550. The molecule has 4 heteroatoms. The number of aryl methyl sites for hydroxylation is 1. The molecule has 2 nitrogen and oxygen atoms in total. The van der Waals surface area contributed by atoms with E-state index in [-0.39, 0.29) is 11.5 Å². The first-order valence-electron chi connectivity index (χ1n) is 5.66. The summed E-state index contributed by atoms with van der Waals surface area (Å²) in [6.45, 7) is 6.77. The maximum atomic E-state index is 13.4. The predicted molar refractivity (Wildman–Crippen MR) is 63.6 cm³/mol. The molecule has 0 bridgehead atoms. The van der Waals surface area contributed by atoms with Crippen LogP contribution in [0.5, 0.6) is 0 Å². The molecule has 2 aromatic heterocycles. The zero-order chi connectivity index (χ0) is 12.8. The van der Waals surface area contributed by atoms with Crippen LogP contribution in [0.4, 0.5) is 8.78 Å². The molecule has 0 spiro atoms. The van der Waals surface area contributed by atoms with Gasteiger partial charge in [0.2, 0.25) is 0 Å². The van der Waals surface area contributed by atoms with E-state index in [0.717, 1.165) is 23.8 Å². The minimum absolute atomic E-state index is 0.0300. The van der Waals surface area contributed by atoms with Gasteiger partial charge in [-0.15, -0.1) is 0 Å². The van der Waals surface area contributed by atoms with Crippen molar-refractivity contribution in [1.29, 1.82) is 0 Å². The summed E-state index contributed by atoms with van der Waals surface area (Å²) in [7, 11) is 0. The molecule has 0 saturated carbocycles. The van der Waals surface area contributed by atoms with Crippen LogP contribution in [-0.4, -0.2) is 9.38 Å². The Balaban J connectivity index is 2.74. The summed E-state index contributed by atoms with van der Waals surface area (Å²) in [6, 6.07) is 1.51. The number of nitrogens with zero attached hydrogens (tertiary/aromatic N) is 2. The smallest absolute Gasteiger partial charge is 0.271 e. The van der Waals surface area contributed by atoms with Gasteiger partial charge < -0.3 is 4.40 Å². The zero-order valence-electron chi connectivity index (χ0n) is 10.5. The molecule has 0 aliphatic carbocycles. The number of hydrogen-bond donors (Lipinski definition) is 0. The highest BCUT2D eigenvalue weighted by Gasteiger charge is 2.26. The summed E-state index contributed by atoms with van der Waals surface area (Å²) >= 11 is 0. The average Bonchev–Trinajstić information content (AvgIpc) is 2.60. The second kappa shape index (κ2) is 3.79. The Hall–Kier alpha value is -1.45. The highest BCUT2D eigenvalue weighted by molar-refractivity contribution is 5.50. The lowest BCUT2D eigenvalue weighted by Crippen LogP contribution is -2.10. The predicted octanol–water partition coefficient (Wildman–Crippen LogP) is 3.88. The number of alkyl halides is 2. The molecule has 0 aliphatic rings. The summed E-state index contributed by atoms with van der Waals surface area (Å²) < 4.78 is 28.5. The number of rotatable bonds is 2. The fourth-order valence-electron chi connectivity index (χ4n) is 1.94. The summed E-state index contributed by atoms with van der Waals surface area (Å²) in [4.78, 5) is 4.28. The minimum atomic E-state index is -2.82. The molecule has 0 amide bonds. The molecule has 0 N–H and O–H groups in total. The van der Waals surface area contributed by atoms with Crippen molar-refractivity contribution in [3.63, 3.8) is 0 Å². The van der Waals surface area contributed by atoms with Crippen molar-refractivity contribution in [3.05, 3.63) is 35.3 Å².